The molecule has 0 aliphatic heterocycles. The van der Waals surface area contributed by atoms with Gasteiger partial charge in [0.15, 0.2) is 4.96 Å². The second-order valence-corrected chi connectivity index (χ2v) is 5.13. The highest BCUT2D eigenvalue weighted by Gasteiger charge is 2.18. The summed E-state index contributed by atoms with van der Waals surface area (Å²) in [5.74, 6) is -0.743. The van der Waals surface area contributed by atoms with Crippen LogP contribution >= 0.6 is 11.3 Å². The van der Waals surface area contributed by atoms with Gasteiger partial charge >= 0.3 is 0 Å². The molecule has 1 N–H and O–H groups in total. The third kappa shape index (κ3) is 2.33. The predicted molar refractivity (Wildman–Crippen MR) is 80.4 cm³/mol. The minimum atomic E-state index is -0.743. The highest BCUT2D eigenvalue weighted by Crippen LogP contribution is 2.23. The van der Waals surface area contributed by atoms with Gasteiger partial charge in [-0.1, -0.05) is 12.1 Å². The molecule has 22 heavy (non-hydrogen) atoms. The summed E-state index contributed by atoms with van der Waals surface area (Å²) in [6.07, 6.45) is 2.68. The molecular formula is C13H8N4O4S. The molecule has 3 rings (SSSR count). The zero-order valence-electron chi connectivity index (χ0n) is 10.9. The molecule has 2 aromatic heterocycles. The fourth-order valence-corrected chi connectivity index (χ4v) is 2.58. The van der Waals surface area contributed by atoms with Crippen LogP contribution in [0.5, 0.6) is 0 Å². The molecule has 8 nitrogen and oxygen atoms in total. The number of para-hydroxylation sites is 2. The second-order valence-electron chi connectivity index (χ2n) is 4.26. The van der Waals surface area contributed by atoms with E-state index in [0.29, 0.717) is 4.96 Å². The van der Waals surface area contributed by atoms with Crippen LogP contribution in [0.25, 0.3) is 4.96 Å². The third-order valence-corrected chi connectivity index (χ3v) is 3.71. The first-order valence-corrected chi connectivity index (χ1v) is 6.95. The lowest BCUT2D eigenvalue weighted by molar-refractivity contribution is -0.383. The van der Waals surface area contributed by atoms with E-state index < -0.39 is 16.4 Å². The lowest BCUT2D eigenvalue weighted by atomic mass is 10.2. The van der Waals surface area contributed by atoms with E-state index in [4.69, 9.17) is 0 Å². The van der Waals surface area contributed by atoms with E-state index in [9.17, 15) is 19.7 Å². The number of nitrogens with zero attached hydrogens (tertiary/aromatic N) is 3. The molecule has 110 valence electrons. The van der Waals surface area contributed by atoms with E-state index in [0.717, 1.165) is 6.20 Å². The number of nitro groups is 1. The Morgan fingerprint density at radius 1 is 1.36 bits per heavy atom. The number of amides is 1. The third-order valence-electron chi connectivity index (χ3n) is 2.94. The Hall–Kier alpha value is -3.07. The van der Waals surface area contributed by atoms with Gasteiger partial charge in [-0.2, -0.15) is 0 Å². The predicted octanol–water partition coefficient (Wildman–Crippen LogP) is 1.92. The maximum absolute atomic E-state index is 12.2. The monoisotopic (exact) mass is 316 g/mol. The summed E-state index contributed by atoms with van der Waals surface area (Å²) < 4.78 is 1.25. The van der Waals surface area contributed by atoms with Crippen LogP contribution in [0.3, 0.4) is 0 Å². The van der Waals surface area contributed by atoms with E-state index in [-0.39, 0.29) is 16.9 Å². The first-order chi connectivity index (χ1) is 10.6. The molecule has 2 heterocycles. The quantitative estimate of drug-likeness (QED) is 0.587. The number of rotatable bonds is 3. The normalized spacial score (nSPS) is 10.5. The SMILES string of the molecule is O=C(Nc1ccccc1[N+](=O)[O-])c1cnc2sccn2c1=O. The molecule has 1 aromatic carbocycles. The minimum Gasteiger partial charge on any atom is -0.316 e. The number of carbonyl (C=O) groups is 1. The summed E-state index contributed by atoms with van der Waals surface area (Å²) in [4.78, 5) is 39.2. The van der Waals surface area contributed by atoms with Gasteiger partial charge in [0.25, 0.3) is 17.2 Å². The largest absolute Gasteiger partial charge is 0.316 e. The van der Waals surface area contributed by atoms with Crippen molar-refractivity contribution in [2.45, 2.75) is 0 Å². The van der Waals surface area contributed by atoms with Gasteiger partial charge in [0.2, 0.25) is 0 Å². The molecule has 1 amide bonds. The van der Waals surface area contributed by atoms with Crippen molar-refractivity contribution in [2.75, 3.05) is 5.32 Å². The smallest absolute Gasteiger partial charge is 0.292 e. The van der Waals surface area contributed by atoms with Gasteiger partial charge < -0.3 is 5.32 Å². The van der Waals surface area contributed by atoms with Crippen LogP contribution in [0.1, 0.15) is 10.4 Å². The van der Waals surface area contributed by atoms with E-state index in [1.54, 1.807) is 11.4 Å². The van der Waals surface area contributed by atoms with Crippen molar-refractivity contribution in [1.29, 1.82) is 0 Å². The summed E-state index contributed by atoms with van der Waals surface area (Å²) in [7, 11) is 0. The number of nitrogens with one attached hydrogen (secondary N) is 1. The van der Waals surface area contributed by atoms with Crippen molar-refractivity contribution in [3.63, 3.8) is 0 Å². The molecule has 0 saturated heterocycles. The first-order valence-electron chi connectivity index (χ1n) is 6.07. The molecule has 0 fully saturated rings. The molecule has 9 heteroatoms. The summed E-state index contributed by atoms with van der Waals surface area (Å²) in [5.41, 5.74) is -0.941. The summed E-state index contributed by atoms with van der Waals surface area (Å²) >= 11 is 1.26. The molecule has 0 aliphatic rings. The molecule has 0 spiro atoms. The van der Waals surface area contributed by atoms with Crippen LogP contribution in [0, 0.1) is 10.1 Å². The molecule has 0 atom stereocenters. The summed E-state index contributed by atoms with van der Waals surface area (Å²) in [6, 6.07) is 5.70. The average molecular weight is 316 g/mol. The highest BCUT2D eigenvalue weighted by atomic mass is 32.1. The van der Waals surface area contributed by atoms with Crippen molar-refractivity contribution < 1.29 is 9.72 Å². The lowest BCUT2D eigenvalue weighted by Gasteiger charge is -2.05. The number of nitro benzene ring substituents is 1. The van der Waals surface area contributed by atoms with Crippen molar-refractivity contribution in [1.82, 2.24) is 9.38 Å². The number of hydrogen-bond acceptors (Lipinski definition) is 6. The van der Waals surface area contributed by atoms with Gasteiger partial charge in [0.1, 0.15) is 11.3 Å². The van der Waals surface area contributed by atoms with Gasteiger partial charge in [0.05, 0.1) is 4.92 Å². The van der Waals surface area contributed by atoms with Gasteiger partial charge in [-0.3, -0.25) is 24.1 Å². The first kappa shape index (κ1) is 13.9. The fraction of sp³-hybridized carbons (Fsp3) is 0. The number of fused-ring (bicyclic) bond motifs is 1. The van der Waals surface area contributed by atoms with E-state index in [2.05, 4.69) is 10.3 Å². The van der Waals surface area contributed by atoms with Gasteiger partial charge in [-0.05, 0) is 6.07 Å². The van der Waals surface area contributed by atoms with Gasteiger partial charge in [-0.15, -0.1) is 11.3 Å². The molecule has 3 aromatic rings. The second kappa shape index (κ2) is 5.37. The van der Waals surface area contributed by atoms with E-state index >= 15 is 0 Å². The van der Waals surface area contributed by atoms with Crippen molar-refractivity contribution in [2.24, 2.45) is 0 Å². The molecule has 0 bridgehead atoms. The standard InChI is InChI=1S/C13H8N4O4S/c18-11(15-9-3-1-2-4-10(9)17(20)21)8-7-14-13-16(12(8)19)5-6-22-13/h1-7H,(H,15,18). The van der Waals surface area contributed by atoms with Gasteiger partial charge in [-0.25, -0.2) is 4.98 Å². The van der Waals surface area contributed by atoms with Crippen LogP contribution in [-0.4, -0.2) is 20.2 Å². The van der Waals surface area contributed by atoms with Crippen LogP contribution in [0.15, 0.2) is 46.8 Å². The van der Waals surface area contributed by atoms with Crippen LogP contribution in [-0.2, 0) is 0 Å². The van der Waals surface area contributed by atoms with Crippen molar-refractivity contribution in [3.8, 4) is 0 Å². The molecule has 0 unspecified atom stereocenters. The number of anilines is 1. The Morgan fingerprint density at radius 3 is 2.91 bits per heavy atom. The number of hydrogen-bond donors (Lipinski definition) is 1. The number of thiazole rings is 1. The fourth-order valence-electron chi connectivity index (χ4n) is 1.91. The molecule has 0 saturated carbocycles. The Kier molecular flexibility index (Phi) is 3.39. The summed E-state index contributed by atoms with van der Waals surface area (Å²) in [5, 5.41) is 15.0. The minimum absolute atomic E-state index is 0.0207. The zero-order valence-corrected chi connectivity index (χ0v) is 11.7. The number of aromatic nitrogens is 2. The maximum atomic E-state index is 12.2. The Morgan fingerprint density at radius 2 is 2.14 bits per heavy atom. The highest BCUT2D eigenvalue weighted by molar-refractivity contribution is 7.15. The molecular weight excluding hydrogens is 308 g/mol. The number of carbonyl (C=O) groups excluding carboxylic acids is 1. The Bertz CT molecular complexity index is 946. The summed E-state index contributed by atoms with van der Waals surface area (Å²) in [6.45, 7) is 0. The van der Waals surface area contributed by atoms with Crippen LogP contribution in [0.2, 0.25) is 0 Å². The molecule has 0 aliphatic carbocycles. The van der Waals surface area contributed by atoms with E-state index in [1.807, 2.05) is 0 Å². The van der Waals surface area contributed by atoms with Crippen molar-refractivity contribution >= 4 is 33.6 Å². The Labute approximate surface area is 126 Å². The average Bonchev–Trinajstić information content (AvgIpc) is 2.97. The number of benzene rings is 1. The lowest BCUT2D eigenvalue weighted by Crippen LogP contribution is -2.26. The van der Waals surface area contributed by atoms with Gasteiger partial charge in [0, 0.05) is 23.8 Å². The Balaban J connectivity index is 1.99. The molecule has 0 radical (unpaired) electrons. The topological polar surface area (TPSA) is 107 Å². The van der Waals surface area contributed by atoms with Crippen LogP contribution in [0.4, 0.5) is 11.4 Å². The van der Waals surface area contributed by atoms with Crippen LogP contribution < -0.4 is 10.9 Å². The zero-order chi connectivity index (χ0) is 15.7. The van der Waals surface area contributed by atoms with E-state index in [1.165, 1.54) is 40.1 Å². The van der Waals surface area contributed by atoms with Crippen molar-refractivity contribution in [3.05, 3.63) is 68.1 Å². The maximum Gasteiger partial charge on any atom is 0.292 e.